The molecule has 1 aromatic rings. The van der Waals surface area contributed by atoms with Crippen LogP contribution in [0.15, 0.2) is 12.4 Å². The Morgan fingerprint density at radius 1 is 1.44 bits per heavy atom. The molecule has 5 nitrogen and oxygen atoms in total. The lowest BCUT2D eigenvalue weighted by atomic mass is 9.97. The zero-order chi connectivity index (χ0) is 11.5. The van der Waals surface area contributed by atoms with Crippen molar-refractivity contribution in [2.45, 2.75) is 19.4 Å². The number of anilines is 1. The number of methoxy groups -OCH3 is 1. The highest BCUT2D eigenvalue weighted by Crippen LogP contribution is 2.21. The molecule has 1 saturated heterocycles. The minimum Gasteiger partial charge on any atom is -0.480 e. The van der Waals surface area contributed by atoms with Gasteiger partial charge in [0.25, 0.3) is 0 Å². The molecule has 5 heteroatoms. The van der Waals surface area contributed by atoms with Crippen LogP contribution in [0.4, 0.5) is 5.82 Å². The summed E-state index contributed by atoms with van der Waals surface area (Å²) in [5, 5.41) is 0. The largest absolute Gasteiger partial charge is 0.480 e. The molecule has 2 heterocycles. The summed E-state index contributed by atoms with van der Waals surface area (Å²) in [5.74, 6) is 1.99. The Bertz CT molecular complexity index is 348. The molecule has 0 spiro atoms. The molecule has 1 aliphatic heterocycles. The van der Waals surface area contributed by atoms with E-state index in [4.69, 9.17) is 10.5 Å². The molecule has 0 aliphatic carbocycles. The molecular weight excluding hydrogens is 204 g/mol. The van der Waals surface area contributed by atoms with Crippen molar-refractivity contribution in [2.24, 2.45) is 11.7 Å². The van der Waals surface area contributed by atoms with Crippen molar-refractivity contribution in [1.82, 2.24) is 9.97 Å². The van der Waals surface area contributed by atoms with Crippen LogP contribution >= 0.6 is 0 Å². The molecule has 0 amide bonds. The van der Waals surface area contributed by atoms with E-state index < -0.39 is 0 Å². The van der Waals surface area contributed by atoms with Crippen molar-refractivity contribution in [2.75, 3.05) is 25.1 Å². The van der Waals surface area contributed by atoms with Gasteiger partial charge in [0.1, 0.15) is 0 Å². The summed E-state index contributed by atoms with van der Waals surface area (Å²) in [5.41, 5.74) is 6.00. The Kier molecular flexibility index (Phi) is 3.24. The molecule has 88 valence electrons. The monoisotopic (exact) mass is 222 g/mol. The number of hydrogen-bond donors (Lipinski definition) is 1. The predicted octanol–water partition coefficient (Wildman–Crippen LogP) is 0.659. The van der Waals surface area contributed by atoms with Gasteiger partial charge in [-0.1, -0.05) is 6.92 Å². The molecule has 1 aromatic heterocycles. The molecule has 2 N–H and O–H groups in total. The lowest BCUT2D eigenvalue weighted by molar-refractivity contribution is 0.385. The maximum atomic E-state index is 6.00. The summed E-state index contributed by atoms with van der Waals surface area (Å²) in [6.45, 7) is 4.03. The van der Waals surface area contributed by atoms with E-state index in [1.165, 1.54) is 0 Å². The van der Waals surface area contributed by atoms with Crippen LogP contribution in [0, 0.1) is 5.92 Å². The van der Waals surface area contributed by atoms with Gasteiger partial charge in [-0.25, -0.2) is 0 Å². The molecule has 0 aromatic carbocycles. The Labute approximate surface area is 95.6 Å². The van der Waals surface area contributed by atoms with Crippen LogP contribution in [0.2, 0.25) is 0 Å². The zero-order valence-electron chi connectivity index (χ0n) is 9.76. The highest BCUT2D eigenvalue weighted by Gasteiger charge is 2.23. The van der Waals surface area contributed by atoms with Crippen LogP contribution in [0.25, 0.3) is 0 Å². The number of ether oxygens (including phenoxy) is 1. The molecule has 0 radical (unpaired) electrons. The molecule has 0 bridgehead atoms. The molecule has 1 aliphatic rings. The van der Waals surface area contributed by atoms with Gasteiger partial charge in [0.05, 0.1) is 19.5 Å². The van der Waals surface area contributed by atoms with E-state index in [1.54, 1.807) is 19.5 Å². The van der Waals surface area contributed by atoms with Gasteiger partial charge in [-0.2, -0.15) is 4.98 Å². The van der Waals surface area contributed by atoms with Gasteiger partial charge >= 0.3 is 0 Å². The van der Waals surface area contributed by atoms with E-state index in [2.05, 4.69) is 21.8 Å². The standard InChI is InChI=1S/C11H18N4O/c1-8-3-9(12)7-15(6-8)10-4-13-5-11(14-10)16-2/h4-5,8-9H,3,6-7,12H2,1-2H3. The topological polar surface area (TPSA) is 64.3 Å². The van der Waals surface area contributed by atoms with Crippen molar-refractivity contribution < 1.29 is 4.74 Å². The van der Waals surface area contributed by atoms with Crippen molar-refractivity contribution in [3.63, 3.8) is 0 Å². The first-order valence-corrected chi connectivity index (χ1v) is 5.55. The fraction of sp³-hybridized carbons (Fsp3) is 0.636. The fourth-order valence-corrected chi connectivity index (χ4v) is 2.18. The normalized spacial score (nSPS) is 25.6. The molecule has 2 rings (SSSR count). The van der Waals surface area contributed by atoms with Crippen LogP contribution in [-0.4, -0.2) is 36.2 Å². The van der Waals surface area contributed by atoms with Crippen molar-refractivity contribution >= 4 is 5.82 Å². The minimum absolute atomic E-state index is 0.219. The van der Waals surface area contributed by atoms with Gasteiger partial charge < -0.3 is 15.4 Å². The predicted molar refractivity (Wildman–Crippen MR) is 62.6 cm³/mol. The van der Waals surface area contributed by atoms with Crippen molar-refractivity contribution in [3.8, 4) is 5.88 Å². The molecule has 16 heavy (non-hydrogen) atoms. The van der Waals surface area contributed by atoms with Gasteiger partial charge in [0.2, 0.25) is 5.88 Å². The summed E-state index contributed by atoms with van der Waals surface area (Å²) in [4.78, 5) is 10.7. The van der Waals surface area contributed by atoms with E-state index in [1.807, 2.05) is 0 Å². The van der Waals surface area contributed by atoms with E-state index in [-0.39, 0.29) is 6.04 Å². The van der Waals surface area contributed by atoms with Crippen LogP contribution < -0.4 is 15.4 Å². The highest BCUT2D eigenvalue weighted by atomic mass is 16.5. The van der Waals surface area contributed by atoms with Gasteiger partial charge in [0, 0.05) is 19.1 Å². The molecule has 2 atom stereocenters. The summed E-state index contributed by atoms with van der Waals surface area (Å²) >= 11 is 0. The van der Waals surface area contributed by atoms with E-state index in [0.717, 1.165) is 25.3 Å². The highest BCUT2D eigenvalue weighted by molar-refractivity contribution is 5.38. The second-order valence-corrected chi connectivity index (χ2v) is 4.43. The first kappa shape index (κ1) is 11.1. The maximum absolute atomic E-state index is 6.00. The Hall–Kier alpha value is -1.36. The number of aromatic nitrogens is 2. The lowest BCUT2D eigenvalue weighted by Gasteiger charge is -2.35. The molecule has 0 saturated carbocycles. The number of piperidine rings is 1. The van der Waals surface area contributed by atoms with E-state index in [9.17, 15) is 0 Å². The summed E-state index contributed by atoms with van der Waals surface area (Å²) in [6, 6.07) is 0.219. The number of nitrogens with zero attached hydrogens (tertiary/aromatic N) is 3. The average Bonchev–Trinajstić information content (AvgIpc) is 2.28. The molecule has 2 unspecified atom stereocenters. The molecular formula is C11H18N4O. The fourth-order valence-electron chi connectivity index (χ4n) is 2.18. The molecule has 1 fully saturated rings. The lowest BCUT2D eigenvalue weighted by Crippen LogP contribution is -2.46. The average molecular weight is 222 g/mol. The Balaban J connectivity index is 2.16. The number of hydrogen-bond acceptors (Lipinski definition) is 5. The van der Waals surface area contributed by atoms with Gasteiger partial charge in [-0.15, -0.1) is 0 Å². The third-order valence-electron chi connectivity index (χ3n) is 2.82. The summed E-state index contributed by atoms with van der Waals surface area (Å²) in [6.07, 6.45) is 4.44. The van der Waals surface area contributed by atoms with Crippen LogP contribution in [0.5, 0.6) is 5.88 Å². The number of nitrogens with two attached hydrogens (primary N) is 1. The zero-order valence-corrected chi connectivity index (χ0v) is 9.76. The quantitative estimate of drug-likeness (QED) is 0.796. The van der Waals surface area contributed by atoms with Crippen LogP contribution in [0.1, 0.15) is 13.3 Å². The second-order valence-electron chi connectivity index (χ2n) is 4.43. The van der Waals surface area contributed by atoms with E-state index >= 15 is 0 Å². The Morgan fingerprint density at radius 3 is 2.94 bits per heavy atom. The third kappa shape index (κ3) is 2.41. The first-order chi connectivity index (χ1) is 7.69. The van der Waals surface area contributed by atoms with Crippen molar-refractivity contribution in [3.05, 3.63) is 12.4 Å². The summed E-state index contributed by atoms with van der Waals surface area (Å²) < 4.78 is 5.07. The van der Waals surface area contributed by atoms with E-state index in [0.29, 0.717) is 11.8 Å². The Morgan fingerprint density at radius 2 is 2.25 bits per heavy atom. The van der Waals surface area contributed by atoms with Crippen molar-refractivity contribution in [1.29, 1.82) is 0 Å². The second kappa shape index (κ2) is 4.65. The van der Waals surface area contributed by atoms with Crippen LogP contribution in [-0.2, 0) is 0 Å². The SMILES string of the molecule is COc1cncc(N2CC(C)CC(N)C2)n1. The van der Waals surface area contributed by atoms with Gasteiger partial charge in [-0.05, 0) is 12.3 Å². The summed E-state index contributed by atoms with van der Waals surface area (Å²) in [7, 11) is 1.60. The first-order valence-electron chi connectivity index (χ1n) is 5.55. The maximum Gasteiger partial charge on any atom is 0.233 e. The van der Waals surface area contributed by atoms with Crippen LogP contribution in [0.3, 0.4) is 0 Å². The smallest absolute Gasteiger partial charge is 0.233 e. The number of rotatable bonds is 2. The third-order valence-corrected chi connectivity index (χ3v) is 2.82. The van der Waals surface area contributed by atoms with Gasteiger partial charge in [0.15, 0.2) is 5.82 Å². The van der Waals surface area contributed by atoms with Gasteiger partial charge in [-0.3, -0.25) is 4.98 Å². The minimum atomic E-state index is 0.219.